The van der Waals surface area contributed by atoms with E-state index >= 15 is 0 Å². The van der Waals surface area contributed by atoms with Gasteiger partial charge in [0.1, 0.15) is 5.82 Å². The van der Waals surface area contributed by atoms with Crippen LogP contribution in [0.3, 0.4) is 0 Å². The van der Waals surface area contributed by atoms with Crippen LogP contribution in [-0.2, 0) is 0 Å². The first-order chi connectivity index (χ1) is 11.8. The predicted octanol–water partition coefficient (Wildman–Crippen LogP) is 7.58. The van der Waals surface area contributed by atoms with Gasteiger partial charge in [-0.25, -0.2) is 4.39 Å². The Labute approximate surface area is 154 Å². The minimum absolute atomic E-state index is 0.116. The average Bonchev–Trinajstić information content (AvgIpc) is 2.58. The van der Waals surface area contributed by atoms with Crippen molar-refractivity contribution in [2.75, 3.05) is 0 Å². The van der Waals surface area contributed by atoms with Gasteiger partial charge in [-0.3, -0.25) is 0 Å². The molecule has 1 heteroatoms. The maximum absolute atomic E-state index is 12.6. The fourth-order valence-electron chi connectivity index (χ4n) is 2.76. The van der Waals surface area contributed by atoms with Crippen LogP contribution in [0.15, 0.2) is 42.5 Å². The molecule has 0 N–H and O–H groups in total. The number of rotatable bonds is 0. The molecule has 2 aromatic rings. The van der Waals surface area contributed by atoms with E-state index in [0.29, 0.717) is 5.56 Å². The van der Waals surface area contributed by atoms with Crippen molar-refractivity contribution in [1.29, 1.82) is 0 Å². The zero-order chi connectivity index (χ0) is 18.8. The summed E-state index contributed by atoms with van der Waals surface area (Å²) in [6.45, 7) is 12.6. The quantitative estimate of drug-likeness (QED) is 0.463. The molecular weight excluding hydrogens is 307 g/mol. The first kappa shape index (κ1) is 21.4. The molecule has 138 valence electrons. The van der Waals surface area contributed by atoms with Crippen molar-refractivity contribution in [3.05, 3.63) is 70.5 Å². The highest BCUT2D eigenvalue weighted by molar-refractivity contribution is 5.21. The highest BCUT2D eigenvalue weighted by Crippen LogP contribution is 2.27. The molecule has 0 aromatic heterocycles. The molecule has 0 bridgehead atoms. The molecule has 3 rings (SSSR count). The smallest absolute Gasteiger partial charge is 0.126 e. The third kappa shape index (κ3) is 9.43. The molecule has 0 saturated heterocycles. The predicted molar refractivity (Wildman–Crippen MR) is 109 cm³/mol. The molecule has 0 unspecified atom stereocenters. The minimum atomic E-state index is -0.116. The first-order valence-corrected chi connectivity index (χ1v) is 9.54. The van der Waals surface area contributed by atoms with Crippen molar-refractivity contribution in [1.82, 2.24) is 0 Å². The van der Waals surface area contributed by atoms with Gasteiger partial charge in [0.15, 0.2) is 0 Å². The molecule has 0 atom stereocenters. The van der Waals surface area contributed by atoms with E-state index in [1.54, 1.807) is 13.0 Å². The summed E-state index contributed by atoms with van der Waals surface area (Å²) in [6.07, 6.45) is 5.89. The van der Waals surface area contributed by atoms with E-state index < -0.39 is 0 Å². The van der Waals surface area contributed by atoms with Gasteiger partial charge < -0.3 is 0 Å². The van der Waals surface area contributed by atoms with Gasteiger partial charge in [0.2, 0.25) is 0 Å². The monoisotopic (exact) mass is 342 g/mol. The van der Waals surface area contributed by atoms with Gasteiger partial charge in [-0.1, -0.05) is 87.1 Å². The summed E-state index contributed by atoms with van der Waals surface area (Å²) in [6, 6.07) is 13.7. The number of benzene rings is 2. The highest BCUT2D eigenvalue weighted by atomic mass is 19.1. The maximum Gasteiger partial charge on any atom is 0.126 e. The van der Waals surface area contributed by atoms with Crippen molar-refractivity contribution in [2.24, 2.45) is 11.8 Å². The van der Waals surface area contributed by atoms with E-state index in [-0.39, 0.29) is 5.82 Å². The van der Waals surface area contributed by atoms with Gasteiger partial charge in [-0.2, -0.15) is 0 Å². The van der Waals surface area contributed by atoms with E-state index in [4.69, 9.17) is 0 Å². The molecule has 1 aliphatic carbocycles. The third-order valence-electron chi connectivity index (χ3n) is 4.85. The summed E-state index contributed by atoms with van der Waals surface area (Å²) < 4.78 is 12.6. The SMILES string of the molecule is CC1CCC(C)CC1.Cc1ccc(C)c(F)c1.Cc1ccc(C)cc1. The van der Waals surface area contributed by atoms with Gasteiger partial charge >= 0.3 is 0 Å². The molecule has 2 aromatic carbocycles. The maximum atomic E-state index is 12.6. The van der Waals surface area contributed by atoms with Crippen LogP contribution in [0.5, 0.6) is 0 Å². The van der Waals surface area contributed by atoms with Crippen LogP contribution in [0.25, 0.3) is 0 Å². The van der Waals surface area contributed by atoms with Crippen molar-refractivity contribution >= 4 is 0 Å². The third-order valence-corrected chi connectivity index (χ3v) is 4.85. The number of hydrogen-bond acceptors (Lipinski definition) is 0. The fourth-order valence-corrected chi connectivity index (χ4v) is 2.76. The molecule has 0 aliphatic heterocycles. The molecule has 0 nitrogen and oxygen atoms in total. The van der Waals surface area contributed by atoms with Gasteiger partial charge in [0.25, 0.3) is 0 Å². The van der Waals surface area contributed by atoms with Gasteiger partial charge in [0.05, 0.1) is 0 Å². The second-order valence-corrected chi connectivity index (χ2v) is 7.77. The lowest BCUT2D eigenvalue weighted by atomic mass is 9.84. The number of halogens is 1. The normalized spacial score (nSPS) is 19.2. The fraction of sp³-hybridized carbons (Fsp3) is 0.500. The minimum Gasteiger partial charge on any atom is -0.207 e. The Hall–Kier alpha value is -1.63. The van der Waals surface area contributed by atoms with E-state index in [1.807, 2.05) is 13.0 Å². The summed E-state index contributed by atoms with van der Waals surface area (Å²) in [4.78, 5) is 0. The molecule has 0 amide bonds. The topological polar surface area (TPSA) is 0 Å². The standard InChI is InChI=1S/C8H9F.C8H16.C8H10/c1-6-3-4-7(2)8(9)5-6;2*1-7-3-5-8(2)6-4-7/h3-5H,1-2H3;7-8H,3-6H2,1-2H3;3-6H,1-2H3. The second-order valence-electron chi connectivity index (χ2n) is 7.77. The zero-order valence-electron chi connectivity index (χ0n) is 16.9. The van der Waals surface area contributed by atoms with Crippen molar-refractivity contribution in [3.63, 3.8) is 0 Å². The van der Waals surface area contributed by atoms with E-state index in [1.165, 1.54) is 42.9 Å². The van der Waals surface area contributed by atoms with E-state index in [9.17, 15) is 4.39 Å². The Morgan fingerprint density at radius 2 is 1.00 bits per heavy atom. The lowest BCUT2D eigenvalue weighted by Crippen LogP contribution is -2.08. The molecule has 0 radical (unpaired) electrons. The largest absolute Gasteiger partial charge is 0.207 e. The number of aryl methyl sites for hydroxylation is 4. The molecular formula is C24H35F. The Kier molecular flexibility index (Phi) is 9.49. The summed E-state index contributed by atoms with van der Waals surface area (Å²) in [7, 11) is 0. The molecule has 25 heavy (non-hydrogen) atoms. The summed E-state index contributed by atoms with van der Waals surface area (Å²) in [5.74, 6) is 1.92. The van der Waals surface area contributed by atoms with Gasteiger partial charge in [-0.05, 0) is 56.7 Å². The van der Waals surface area contributed by atoms with Crippen LogP contribution in [-0.4, -0.2) is 0 Å². The molecule has 1 fully saturated rings. The second kappa shape index (κ2) is 11.1. The molecule has 0 heterocycles. The summed E-state index contributed by atoms with van der Waals surface area (Å²) in [5.41, 5.74) is 4.34. The Balaban J connectivity index is 0.000000188. The van der Waals surface area contributed by atoms with Crippen LogP contribution < -0.4 is 0 Å². The molecule has 1 saturated carbocycles. The Morgan fingerprint density at radius 3 is 1.32 bits per heavy atom. The van der Waals surface area contributed by atoms with Crippen LogP contribution in [0.4, 0.5) is 4.39 Å². The Morgan fingerprint density at radius 1 is 0.640 bits per heavy atom. The molecule has 1 aliphatic rings. The van der Waals surface area contributed by atoms with Crippen molar-refractivity contribution < 1.29 is 4.39 Å². The van der Waals surface area contributed by atoms with Crippen molar-refractivity contribution in [3.8, 4) is 0 Å². The Bertz CT molecular complexity index is 573. The first-order valence-electron chi connectivity index (χ1n) is 9.54. The molecule has 0 spiro atoms. The van der Waals surface area contributed by atoms with Crippen LogP contribution in [0, 0.1) is 45.3 Å². The lowest BCUT2D eigenvalue weighted by Gasteiger charge is -2.22. The van der Waals surface area contributed by atoms with Crippen LogP contribution in [0.1, 0.15) is 61.8 Å². The van der Waals surface area contributed by atoms with Gasteiger partial charge in [0, 0.05) is 0 Å². The summed E-state index contributed by atoms with van der Waals surface area (Å²) >= 11 is 0. The van der Waals surface area contributed by atoms with E-state index in [2.05, 4.69) is 52.0 Å². The van der Waals surface area contributed by atoms with Crippen LogP contribution >= 0.6 is 0 Å². The van der Waals surface area contributed by atoms with Crippen LogP contribution in [0.2, 0.25) is 0 Å². The van der Waals surface area contributed by atoms with Gasteiger partial charge in [-0.15, -0.1) is 0 Å². The summed E-state index contributed by atoms with van der Waals surface area (Å²) in [5, 5.41) is 0. The zero-order valence-corrected chi connectivity index (χ0v) is 16.9. The van der Waals surface area contributed by atoms with Crippen molar-refractivity contribution in [2.45, 2.75) is 67.2 Å². The average molecular weight is 343 g/mol. The highest BCUT2D eigenvalue weighted by Gasteiger charge is 2.13. The lowest BCUT2D eigenvalue weighted by molar-refractivity contribution is 0.308. The van der Waals surface area contributed by atoms with E-state index in [0.717, 1.165) is 17.4 Å². The number of hydrogen-bond donors (Lipinski definition) is 0.